The molecular weight excluding hydrogens is 625 g/mol. The van der Waals surface area contributed by atoms with E-state index in [1.54, 1.807) is 17.3 Å². The fourth-order valence-electron chi connectivity index (χ4n) is 5.28. The van der Waals surface area contributed by atoms with E-state index in [0.717, 1.165) is 66.4 Å². The molecule has 13 heteroatoms. The highest BCUT2D eigenvalue weighted by molar-refractivity contribution is 5.86. The van der Waals surface area contributed by atoms with Crippen LogP contribution in [-0.4, -0.2) is 63.1 Å². The molecule has 10 nitrogen and oxygen atoms in total. The molecule has 0 aliphatic carbocycles. The van der Waals surface area contributed by atoms with Crippen LogP contribution in [0.25, 0.3) is 11.3 Å². The van der Waals surface area contributed by atoms with Crippen LogP contribution in [0.3, 0.4) is 0 Å². The second kappa shape index (κ2) is 17.0. The fourth-order valence-corrected chi connectivity index (χ4v) is 5.28. The quantitative estimate of drug-likeness (QED) is 0.277. The molecule has 44 heavy (non-hydrogen) atoms. The summed E-state index contributed by atoms with van der Waals surface area (Å²) in [7, 11) is 1.29. The monoisotopic (exact) mass is 661 g/mol. The number of likely N-dealkylation sites (tertiary alicyclic amines) is 1. The molecule has 0 saturated carbocycles. The number of nitrogens with zero attached hydrogens (tertiary/aromatic N) is 3. The number of hydrogen-bond acceptors (Lipinski definition) is 6. The average molecular weight is 663 g/mol. The van der Waals surface area contributed by atoms with E-state index in [9.17, 15) is 9.59 Å². The molecule has 2 aliphatic heterocycles. The van der Waals surface area contributed by atoms with Crippen LogP contribution in [0, 0.1) is 29.6 Å². The summed E-state index contributed by atoms with van der Waals surface area (Å²) in [5.74, 6) is 13.4. The van der Waals surface area contributed by atoms with Crippen molar-refractivity contribution in [1.82, 2.24) is 35.5 Å². The Hall–Kier alpha value is -3.67. The van der Waals surface area contributed by atoms with Gasteiger partial charge in [-0.05, 0) is 73.6 Å². The second-order valence-corrected chi connectivity index (χ2v) is 10.6. The Kier molecular flexibility index (Phi) is 14.1. The van der Waals surface area contributed by atoms with Crippen molar-refractivity contribution < 1.29 is 14.3 Å². The van der Waals surface area contributed by atoms with Gasteiger partial charge in [0.2, 0.25) is 5.91 Å². The zero-order chi connectivity index (χ0) is 28.8. The van der Waals surface area contributed by atoms with Crippen molar-refractivity contribution in [3.05, 3.63) is 59.6 Å². The topological polar surface area (TPSA) is 128 Å². The summed E-state index contributed by atoms with van der Waals surface area (Å²) in [4.78, 5) is 42.7. The van der Waals surface area contributed by atoms with Crippen molar-refractivity contribution >= 4 is 49.2 Å². The molecule has 0 unspecified atom stereocenters. The molecule has 5 rings (SSSR count). The standard InChI is InChI=1S/C31H35N7O3.3ClH/c1-20(2)27(37-31(40)41-3)30(39)38-17-7-11-26(38)29-34-19-25(36-29)22-14-12-21(13-15-22)8-4-5-9-23-18-33-28(35-23)24-10-6-16-32-24;;;/h12-15,18-20,24,26-27,32H,6-7,10-11,16-17H2,1-3H3,(H,33,35)(H,34,36)(H,37,40);3*1H/t24-,26-,27-;;;/m0.../s1. The first-order valence-corrected chi connectivity index (χ1v) is 14.0. The molecule has 3 atom stereocenters. The molecule has 1 aromatic carbocycles. The third kappa shape index (κ3) is 8.71. The molecule has 4 heterocycles. The van der Waals surface area contributed by atoms with Crippen LogP contribution in [0.4, 0.5) is 4.79 Å². The van der Waals surface area contributed by atoms with Crippen LogP contribution < -0.4 is 10.6 Å². The average Bonchev–Trinajstić information content (AvgIpc) is 3.80. The van der Waals surface area contributed by atoms with E-state index in [4.69, 9.17) is 4.74 Å². The highest BCUT2D eigenvalue weighted by Gasteiger charge is 2.37. The number of amides is 2. The number of rotatable bonds is 6. The Morgan fingerprint density at radius 3 is 2.39 bits per heavy atom. The van der Waals surface area contributed by atoms with Gasteiger partial charge in [-0.15, -0.1) is 37.2 Å². The summed E-state index contributed by atoms with van der Waals surface area (Å²) < 4.78 is 4.72. The molecule has 0 spiro atoms. The van der Waals surface area contributed by atoms with Gasteiger partial charge in [-0.1, -0.05) is 31.9 Å². The van der Waals surface area contributed by atoms with Gasteiger partial charge >= 0.3 is 6.09 Å². The van der Waals surface area contributed by atoms with Crippen molar-refractivity contribution in [3.63, 3.8) is 0 Å². The van der Waals surface area contributed by atoms with E-state index in [1.165, 1.54) is 7.11 Å². The van der Waals surface area contributed by atoms with E-state index in [-0.39, 0.29) is 61.1 Å². The predicted molar refractivity (Wildman–Crippen MR) is 176 cm³/mol. The third-order valence-electron chi connectivity index (χ3n) is 7.49. The van der Waals surface area contributed by atoms with Gasteiger partial charge in [-0.2, -0.15) is 0 Å². The minimum Gasteiger partial charge on any atom is -0.453 e. The van der Waals surface area contributed by atoms with Gasteiger partial charge in [-0.25, -0.2) is 14.8 Å². The first-order valence-electron chi connectivity index (χ1n) is 14.0. The minimum atomic E-state index is -0.665. The van der Waals surface area contributed by atoms with Crippen molar-refractivity contribution in [2.24, 2.45) is 5.92 Å². The summed E-state index contributed by atoms with van der Waals surface area (Å²) in [6, 6.07) is 7.30. The van der Waals surface area contributed by atoms with Gasteiger partial charge < -0.3 is 30.2 Å². The van der Waals surface area contributed by atoms with Gasteiger partial charge in [0.25, 0.3) is 0 Å². The van der Waals surface area contributed by atoms with Gasteiger partial charge in [0.1, 0.15) is 23.4 Å². The number of ether oxygens (including phenoxy) is 1. The normalized spacial score (nSPS) is 17.5. The SMILES string of the molecule is COC(=O)N[C@H](C(=O)N1CCC[C@H]1c1ncc(-c2ccc(C#CC#Cc3cnc([C@@H]4CCCN4)[nH]3)cc2)[nH]1)C(C)C.Cl.Cl.Cl. The molecule has 236 valence electrons. The van der Waals surface area contributed by atoms with Crippen LogP contribution in [0.1, 0.15) is 74.5 Å². The summed E-state index contributed by atoms with van der Waals surface area (Å²) in [5, 5.41) is 6.10. The number of halogens is 3. The number of nitrogens with one attached hydrogen (secondary N) is 4. The first kappa shape index (κ1) is 36.5. The van der Waals surface area contributed by atoms with E-state index in [1.807, 2.05) is 38.1 Å². The van der Waals surface area contributed by atoms with Crippen LogP contribution >= 0.6 is 37.2 Å². The molecule has 2 fully saturated rings. The van der Waals surface area contributed by atoms with E-state index >= 15 is 0 Å². The van der Waals surface area contributed by atoms with Gasteiger partial charge in [0.15, 0.2) is 0 Å². The summed E-state index contributed by atoms with van der Waals surface area (Å²) in [6.07, 6.45) is 6.84. The maximum Gasteiger partial charge on any atom is 0.407 e. The lowest BCUT2D eigenvalue weighted by Crippen LogP contribution is -2.51. The number of H-pyrrole nitrogens is 2. The largest absolute Gasteiger partial charge is 0.453 e. The number of benzene rings is 1. The molecule has 2 amide bonds. The lowest BCUT2D eigenvalue weighted by atomic mass is 10.0. The Bertz CT molecular complexity index is 1510. The minimum absolute atomic E-state index is 0. The Morgan fingerprint density at radius 1 is 0.977 bits per heavy atom. The highest BCUT2D eigenvalue weighted by Crippen LogP contribution is 2.32. The second-order valence-electron chi connectivity index (χ2n) is 10.6. The van der Waals surface area contributed by atoms with Gasteiger partial charge in [-0.3, -0.25) is 4.79 Å². The lowest BCUT2D eigenvalue weighted by molar-refractivity contribution is -0.135. The number of aromatic amines is 2. The molecule has 0 radical (unpaired) electrons. The number of aromatic nitrogens is 4. The number of carbonyl (C=O) groups is 2. The van der Waals surface area contributed by atoms with Crippen LogP contribution in [0.5, 0.6) is 0 Å². The summed E-state index contributed by atoms with van der Waals surface area (Å²) >= 11 is 0. The van der Waals surface area contributed by atoms with Crippen molar-refractivity contribution in [3.8, 4) is 34.9 Å². The number of alkyl carbamates (subject to hydrolysis) is 1. The summed E-state index contributed by atoms with van der Waals surface area (Å²) in [5.41, 5.74) is 3.44. The van der Waals surface area contributed by atoms with E-state index < -0.39 is 12.1 Å². The molecule has 2 aromatic heterocycles. The zero-order valence-electron chi connectivity index (χ0n) is 24.8. The van der Waals surface area contributed by atoms with E-state index in [2.05, 4.69) is 54.3 Å². The number of imidazole rings is 2. The predicted octanol–water partition coefficient (Wildman–Crippen LogP) is 4.94. The summed E-state index contributed by atoms with van der Waals surface area (Å²) in [6.45, 7) is 5.44. The Labute approximate surface area is 276 Å². The fraction of sp³-hybridized carbons (Fsp3) is 0.419. The van der Waals surface area contributed by atoms with Crippen molar-refractivity contribution in [2.45, 2.75) is 57.7 Å². The zero-order valence-corrected chi connectivity index (χ0v) is 27.3. The van der Waals surface area contributed by atoms with Crippen LogP contribution in [-0.2, 0) is 9.53 Å². The number of hydrogen-bond donors (Lipinski definition) is 4. The number of carbonyl (C=O) groups excluding carboxylic acids is 2. The Morgan fingerprint density at radius 2 is 1.70 bits per heavy atom. The van der Waals surface area contributed by atoms with Crippen LogP contribution in [0.15, 0.2) is 36.7 Å². The van der Waals surface area contributed by atoms with Crippen LogP contribution in [0.2, 0.25) is 0 Å². The molecule has 3 aromatic rings. The maximum atomic E-state index is 13.4. The molecule has 2 aliphatic rings. The lowest BCUT2D eigenvalue weighted by Gasteiger charge is -2.30. The maximum absolute atomic E-state index is 13.4. The Balaban J connectivity index is 0.00000225. The van der Waals surface area contributed by atoms with Gasteiger partial charge in [0.05, 0.1) is 37.3 Å². The number of methoxy groups -OCH3 is 1. The van der Waals surface area contributed by atoms with Crippen molar-refractivity contribution in [2.75, 3.05) is 20.2 Å². The molecule has 4 N–H and O–H groups in total. The molecule has 0 bridgehead atoms. The third-order valence-corrected chi connectivity index (χ3v) is 7.49. The first-order chi connectivity index (χ1) is 19.9. The molecule has 2 saturated heterocycles. The van der Waals surface area contributed by atoms with Gasteiger partial charge in [0, 0.05) is 12.1 Å². The van der Waals surface area contributed by atoms with E-state index in [0.29, 0.717) is 6.54 Å². The van der Waals surface area contributed by atoms with Crippen molar-refractivity contribution in [1.29, 1.82) is 0 Å². The smallest absolute Gasteiger partial charge is 0.407 e. The highest BCUT2D eigenvalue weighted by atomic mass is 35.5. The molecular formula is C31H38Cl3N7O3.